The second-order valence-electron chi connectivity index (χ2n) is 10.8. The Labute approximate surface area is 311 Å². The number of amidine groups is 4. The summed E-state index contributed by atoms with van der Waals surface area (Å²) in [6.07, 6.45) is 1.29. The summed E-state index contributed by atoms with van der Waals surface area (Å²) in [4.78, 5) is 0. The van der Waals surface area contributed by atoms with Crippen molar-refractivity contribution >= 4 is 23.3 Å². The molecule has 0 aliphatic rings. The first kappa shape index (κ1) is 41.2. The highest BCUT2D eigenvalue weighted by molar-refractivity contribution is 5.98. The maximum atomic E-state index is 8.75. The molecule has 0 aliphatic carbocycles. The van der Waals surface area contributed by atoms with Gasteiger partial charge in [0.1, 0.15) is 11.5 Å². The van der Waals surface area contributed by atoms with Crippen molar-refractivity contribution in [1.29, 1.82) is 0 Å². The van der Waals surface area contributed by atoms with E-state index in [0.29, 0.717) is 96.0 Å². The maximum absolute atomic E-state index is 8.75. The zero-order chi connectivity index (χ0) is 39.3. The minimum Gasteiger partial charge on any atom is -0.493 e. The third-order valence-corrected chi connectivity index (χ3v) is 7.28. The van der Waals surface area contributed by atoms with Crippen LogP contribution in [0.4, 0.5) is 0 Å². The van der Waals surface area contributed by atoms with Gasteiger partial charge in [0.25, 0.3) is 0 Å². The lowest BCUT2D eigenvalue weighted by Gasteiger charge is -2.13. The lowest BCUT2D eigenvalue weighted by atomic mass is 10.2. The number of benzene rings is 4. The lowest BCUT2D eigenvalue weighted by Crippen LogP contribution is -2.13. The van der Waals surface area contributed by atoms with Crippen molar-refractivity contribution in [3.8, 4) is 34.5 Å². The van der Waals surface area contributed by atoms with Crippen molar-refractivity contribution in [2.45, 2.75) is 12.8 Å². The van der Waals surface area contributed by atoms with Gasteiger partial charge in [0.15, 0.2) is 46.3 Å². The highest BCUT2D eigenvalue weighted by atomic mass is 16.5. The highest BCUT2D eigenvalue weighted by Gasteiger charge is 2.11. The molecule has 12 N–H and O–H groups in total. The molecule has 0 amide bonds. The maximum Gasteiger partial charge on any atom is 0.170 e. The predicted octanol–water partition coefficient (Wildman–Crippen LogP) is 3.46. The van der Waals surface area contributed by atoms with Crippen molar-refractivity contribution in [1.82, 2.24) is 0 Å². The van der Waals surface area contributed by atoms with E-state index in [4.69, 9.17) is 72.2 Å². The second kappa shape index (κ2) is 21.9. The Morgan fingerprint density at radius 1 is 0.426 bits per heavy atom. The van der Waals surface area contributed by atoms with E-state index < -0.39 is 0 Å². The summed E-state index contributed by atoms with van der Waals surface area (Å²) >= 11 is 0. The Balaban J connectivity index is 0.000000294. The van der Waals surface area contributed by atoms with Gasteiger partial charge in [0.2, 0.25) is 0 Å². The molecule has 18 heteroatoms. The van der Waals surface area contributed by atoms with Crippen molar-refractivity contribution in [3.05, 3.63) is 107 Å². The van der Waals surface area contributed by atoms with Gasteiger partial charge < -0.3 is 72.2 Å². The Kier molecular flexibility index (Phi) is 16.7. The van der Waals surface area contributed by atoms with Gasteiger partial charge in [-0.1, -0.05) is 20.6 Å². The molecule has 0 atom stereocenters. The first-order chi connectivity index (χ1) is 26.2. The van der Waals surface area contributed by atoms with Crippen LogP contribution in [0.25, 0.3) is 0 Å². The smallest absolute Gasteiger partial charge is 0.170 e. The molecule has 0 aliphatic heterocycles. The molecule has 288 valence electrons. The van der Waals surface area contributed by atoms with Crippen LogP contribution in [0, 0.1) is 0 Å². The minimum absolute atomic E-state index is 0.0183. The SMILES string of the molecule is COc1cc(C(N)=NO)ccc1OCCCOc1ccc(C(N)=NO)cc1OC.NC(=NO)c1ccc(OCCCOc2ccc(C(N)=NO)cc2)cc1. The monoisotopic (exact) mass is 748 g/mol. The van der Waals surface area contributed by atoms with Crippen molar-refractivity contribution in [2.24, 2.45) is 43.6 Å². The van der Waals surface area contributed by atoms with E-state index >= 15 is 0 Å². The molecule has 0 fully saturated rings. The third kappa shape index (κ3) is 12.5. The predicted molar refractivity (Wildman–Crippen MR) is 200 cm³/mol. The molecule has 18 nitrogen and oxygen atoms in total. The van der Waals surface area contributed by atoms with Crippen LogP contribution >= 0.6 is 0 Å². The number of methoxy groups -OCH3 is 2. The molecule has 0 unspecified atom stereocenters. The van der Waals surface area contributed by atoms with Gasteiger partial charge in [-0.25, -0.2) is 0 Å². The van der Waals surface area contributed by atoms with E-state index in [1.807, 2.05) is 0 Å². The van der Waals surface area contributed by atoms with E-state index in [9.17, 15) is 0 Å². The van der Waals surface area contributed by atoms with Crippen LogP contribution in [0.5, 0.6) is 34.5 Å². The third-order valence-electron chi connectivity index (χ3n) is 7.28. The number of nitrogens with two attached hydrogens (primary N) is 4. The molecule has 0 spiro atoms. The summed E-state index contributed by atoms with van der Waals surface area (Å²) in [5.41, 5.74) is 24.4. The largest absolute Gasteiger partial charge is 0.493 e. The summed E-state index contributed by atoms with van der Waals surface area (Å²) in [6.45, 7) is 1.74. The standard InChI is InChI=1S/C19H24N4O6.C17H20N4O4/c1-26-16-10-12(18(20)22-24)4-6-14(16)28-8-3-9-29-15-7-5-13(19(21)23-25)11-17(15)27-2;18-16(20-22)12-2-6-14(7-3-12)24-10-1-11-25-15-8-4-13(5-9-15)17(19)21-23/h4-7,10-11,24-25H,3,8-9H2,1-2H3,(H2,20,22)(H2,21,23);2-9,22-23H,1,10-11H2,(H2,18,20)(H2,19,21). The van der Waals surface area contributed by atoms with Gasteiger partial charge in [0.05, 0.1) is 40.6 Å². The van der Waals surface area contributed by atoms with Gasteiger partial charge in [0, 0.05) is 35.1 Å². The molecule has 0 saturated heterocycles. The van der Waals surface area contributed by atoms with Gasteiger partial charge in [-0.2, -0.15) is 0 Å². The fourth-order valence-corrected chi connectivity index (χ4v) is 4.43. The Hall–Kier alpha value is -7.24. The fraction of sp³-hybridized carbons (Fsp3) is 0.222. The number of rotatable bonds is 18. The molecular formula is C36H44N8O10. The Morgan fingerprint density at radius 2 is 0.722 bits per heavy atom. The average molecular weight is 749 g/mol. The van der Waals surface area contributed by atoms with E-state index in [2.05, 4.69) is 20.6 Å². The van der Waals surface area contributed by atoms with Gasteiger partial charge in [-0.05, 0) is 84.9 Å². The van der Waals surface area contributed by atoms with E-state index in [1.165, 1.54) is 14.2 Å². The Bertz CT molecular complexity index is 1750. The Morgan fingerprint density at radius 3 is 1.04 bits per heavy atom. The van der Waals surface area contributed by atoms with Crippen molar-refractivity contribution in [2.75, 3.05) is 40.6 Å². The molecule has 4 aromatic carbocycles. The summed E-state index contributed by atoms with van der Waals surface area (Å²) in [6, 6.07) is 23.8. The summed E-state index contributed by atoms with van der Waals surface area (Å²) in [7, 11) is 3.01. The molecule has 0 bridgehead atoms. The fourth-order valence-electron chi connectivity index (χ4n) is 4.43. The van der Waals surface area contributed by atoms with Crippen molar-refractivity contribution < 1.29 is 49.3 Å². The molecule has 0 heterocycles. The van der Waals surface area contributed by atoms with Crippen LogP contribution in [0.2, 0.25) is 0 Å². The summed E-state index contributed by atoms with van der Waals surface area (Å²) in [5.74, 6) is 3.45. The molecule has 4 rings (SSSR count). The number of oxime groups is 4. The first-order valence-corrected chi connectivity index (χ1v) is 16.2. The van der Waals surface area contributed by atoms with Crippen LogP contribution in [0.1, 0.15) is 35.1 Å². The highest BCUT2D eigenvalue weighted by Crippen LogP contribution is 2.29. The number of hydrogen-bond donors (Lipinski definition) is 8. The molecular weight excluding hydrogens is 704 g/mol. The second-order valence-corrected chi connectivity index (χ2v) is 10.8. The van der Waals surface area contributed by atoms with Crippen molar-refractivity contribution in [3.63, 3.8) is 0 Å². The van der Waals surface area contributed by atoms with Crippen LogP contribution in [-0.2, 0) is 0 Å². The van der Waals surface area contributed by atoms with Gasteiger partial charge in [-0.3, -0.25) is 0 Å². The molecule has 4 aromatic rings. The average Bonchev–Trinajstić information content (AvgIpc) is 3.22. The summed E-state index contributed by atoms with van der Waals surface area (Å²) in [5, 5.41) is 46.5. The number of nitrogens with zero attached hydrogens (tertiary/aromatic N) is 4. The summed E-state index contributed by atoms with van der Waals surface area (Å²) < 4.78 is 33.2. The minimum atomic E-state index is -0.0183. The number of hydrogen-bond acceptors (Lipinski definition) is 14. The van der Waals surface area contributed by atoms with E-state index in [1.54, 1.807) is 84.9 Å². The van der Waals surface area contributed by atoms with Crippen LogP contribution < -0.4 is 51.4 Å². The van der Waals surface area contributed by atoms with Gasteiger partial charge in [-0.15, -0.1) is 0 Å². The topological polar surface area (TPSA) is 290 Å². The van der Waals surface area contributed by atoms with Gasteiger partial charge >= 0.3 is 0 Å². The first-order valence-electron chi connectivity index (χ1n) is 16.2. The molecule has 0 saturated carbocycles. The van der Waals surface area contributed by atoms with E-state index in [-0.39, 0.29) is 23.3 Å². The zero-order valence-corrected chi connectivity index (χ0v) is 29.7. The van der Waals surface area contributed by atoms with Crippen LogP contribution in [0.3, 0.4) is 0 Å². The molecule has 0 radical (unpaired) electrons. The number of ether oxygens (including phenoxy) is 6. The quantitative estimate of drug-likeness (QED) is 0.0238. The molecule has 0 aromatic heterocycles. The van der Waals surface area contributed by atoms with Crippen LogP contribution in [-0.4, -0.2) is 84.8 Å². The lowest BCUT2D eigenvalue weighted by molar-refractivity contribution is 0.234. The zero-order valence-electron chi connectivity index (χ0n) is 29.7. The normalized spacial score (nSPS) is 11.9. The van der Waals surface area contributed by atoms with E-state index in [0.717, 1.165) is 0 Å². The molecule has 54 heavy (non-hydrogen) atoms. The van der Waals surface area contributed by atoms with Crippen LogP contribution in [0.15, 0.2) is 106 Å².